The fourth-order valence-corrected chi connectivity index (χ4v) is 4.91. The molecule has 1 saturated carbocycles. The Kier molecular flexibility index (Phi) is 6.19. The minimum atomic E-state index is -0.484. The normalized spacial score (nSPS) is 19.6. The first-order valence-electron chi connectivity index (χ1n) is 11.4. The monoisotopic (exact) mass is 418 g/mol. The summed E-state index contributed by atoms with van der Waals surface area (Å²) in [6.07, 6.45) is 4.10. The first-order valence-corrected chi connectivity index (χ1v) is 11.4. The van der Waals surface area contributed by atoms with E-state index in [1.165, 1.54) is 33.5 Å². The van der Waals surface area contributed by atoms with Crippen LogP contribution in [0, 0.1) is 0 Å². The highest BCUT2D eigenvalue weighted by atomic mass is 16.6. The Labute approximate surface area is 185 Å². The molecule has 0 heterocycles. The minimum absolute atomic E-state index is 0.106. The minimum Gasteiger partial charge on any atom is -0.444 e. The topological polar surface area (TPSA) is 41.6 Å². The number of alkyl carbamates (subject to hydrolysis) is 1. The second-order valence-electron chi connectivity index (χ2n) is 9.82. The fourth-order valence-electron chi connectivity index (χ4n) is 4.91. The third kappa shape index (κ3) is 5.01. The maximum atomic E-state index is 12.5. The summed E-state index contributed by atoms with van der Waals surface area (Å²) in [7, 11) is 2.19. The van der Waals surface area contributed by atoms with Gasteiger partial charge < -0.3 is 10.1 Å². The van der Waals surface area contributed by atoms with Crippen LogP contribution >= 0.6 is 0 Å². The van der Waals surface area contributed by atoms with E-state index >= 15 is 0 Å². The number of carbonyl (C=O) groups excluding carboxylic acids is 1. The number of likely N-dealkylation sites (N-methyl/N-ethyl adjacent to an activating group) is 1. The first kappa shape index (κ1) is 21.6. The van der Waals surface area contributed by atoms with Gasteiger partial charge in [-0.15, -0.1) is 0 Å². The lowest BCUT2D eigenvalue weighted by molar-refractivity contribution is 0.0437. The molecule has 164 valence electrons. The van der Waals surface area contributed by atoms with Crippen LogP contribution in [-0.2, 0) is 11.3 Å². The molecule has 1 aliphatic carbocycles. The second kappa shape index (κ2) is 8.88. The third-order valence-electron chi connectivity index (χ3n) is 6.29. The van der Waals surface area contributed by atoms with Crippen LogP contribution in [-0.4, -0.2) is 35.7 Å². The van der Waals surface area contributed by atoms with E-state index < -0.39 is 5.60 Å². The number of rotatable bonds is 4. The number of nitrogens with zero attached hydrogens (tertiary/aromatic N) is 1. The van der Waals surface area contributed by atoms with Crippen molar-refractivity contribution in [2.24, 2.45) is 0 Å². The zero-order chi connectivity index (χ0) is 22.0. The van der Waals surface area contributed by atoms with Crippen molar-refractivity contribution in [3.63, 3.8) is 0 Å². The number of hydrogen-bond acceptors (Lipinski definition) is 3. The Balaban J connectivity index is 1.61. The van der Waals surface area contributed by atoms with Gasteiger partial charge in [-0.2, -0.15) is 0 Å². The number of fused-ring (bicyclic) bond motifs is 2. The van der Waals surface area contributed by atoms with Crippen LogP contribution in [0.3, 0.4) is 0 Å². The van der Waals surface area contributed by atoms with Gasteiger partial charge in [0.05, 0.1) is 0 Å². The van der Waals surface area contributed by atoms with Gasteiger partial charge in [-0.25, -0.2) is 4.79 Å². The van der Waals surface area contributed by atoms with Gasteiger partial charge in [0.2, 0.25) is 0 Å². The number of amides is 1. The second-order valence-corrected chi connectivity index (χ2v) is 9.82. The highest BCUT2D eigenvalue weighted by molar-refractivity contribution is 6.02. The van der Waals surface area contributed by atoms with Gasteiger partial charge in [-0.3, -0.25) is 4.90 Å². The van der Waals surface area contributed by atoms with E-state index in [0.29, 0.717) is 6.04 Å². The molecule has 4 heteroatoms. The third-order valence-corrected chi connectivity index (χ3v) is 6.29. The molecule has 2 atom stereocenters. The van der Waals surface area contributed by atoms with E-state index in [4.69, 9.17) is 4.74 Å². The summed E-state index contributed by atoms with van der Waals surface area (Å²) in [5.41, 5.74) is 0.875. The standard InChI is InChI=1S/C27H34N2O2/c1-27(2,3)31-26(30)28-24-15-9-10-16-25(24)29(4)18-23-21-13-7-5-11-19(21)17-20-12-6-8-14-22(20)23/h5-8,11-14,17,24-25H,9-10,15-16,18H2,1-4H3,(H,28,30)/t24-,25-/m0/s1. The molecular formula is C27H34N2O2. The number of nitrogens with one attached hydrogen (secondary N) is 1. The van der Waals surface area contributed by atoms with Crippen molar-refractivity contribution in [1.82, 2.24) is 10.2 Å². The zero-order valence-electron chi connectivity index (χ0n) is 19.2. The van der Waals surface area contributed by atoms with Gasteiger partial charge >= 0.3 is 6.09 Å². The van der Waals surface area contributed by atoms with Crippen molar-refractivity contribution >= 4 is 27.6 Å². The van der Waals surface area contributed by atoms with Crippen molar-refractivity contribution in [1.29, 1.82) is 0 Å². The molecule has 1 fully saturated rings. The summed E-state index contributed by atoms with van der Waals surface area (Å²) in [4.78, 5) is 14.9. The lowest BCUT2D eigenvalue weighted by atomic mass is 9.88. The zero-order valence-corrected chi connectivity index (χ0v) is 19.2. The van der Waals surface area contributed by atoms with Crippen molar-refractivity contribution in [2.75, 3.05) is 7.05 Å². The van der Waals surface area contributed by atoms with Crippen molar-refractivity contribution in [3.05, 3.63) is 60.2 Å². The Morgan fingerprint density at radius 2 is 1.58 bits per heavy atom. The summed E-state index contributed by atoms with van der Waals surface area (Å²) in [6.45, 7) is 6.56. The maximum absolute atomic E-state index is 12.5. The number of carbonyl (C=O) groups is 1. The summed E-state index contributed by atoms with van der Waals surface area (Å²) in [5.74, 6) is 0. The van der Waals surface area contributed by atoms with Crippen molar-refractivity contribution in [2.45, 2.75) is 70.7 Å². The Hall–Kier alpha value is -2.59. The Morgan fingerprint density at radius 3 is 2.19 bits per heavy atom. The predicted molar refractivity (Wildman–Crippen MR) is 128 cm³/mol. The molecule has 3 aromatic rings. The average molecular weight is 419 g/mol. The van der Waals surface area contributed by atoms with Crippen molar-refractivity contribution < 1.29 is 9.53 Å². The fraction of sp³-hybridized carbons (Fsp3) is 0.444. The maximum Gasteiger partial charge on any atom is 0.407 e. The quantitative estimate of drug-likeness (QED) is 0.508. The van der Waals surface area contributed by atoms with Crippen LogP contribution in [0.15, 0.2) is 54.6 Å². The van der Waals surface area contributed by atoms with Crippen LogP contribution in [0.5, 0.6) is 0 Å². The Bertz CT molecular complexity index is 1020. The van der Waals surface area contributed by atoms with E-state index in [0.717, 1.165) is 25.8 Å². The van der Waals surface area contributed by atoms with Crippen LogP contribution in [0.25, 0.3) is 21.5 Å². The van der Waals surface area contributed by atoms with Crippen molar-refractivity contribution in [3.8, 4) is 0 Å². The smallest absolute Gasteiger partial charge is 0.407 e. The van der Waals surface area contributed by atoms with E-state index in [-0.39, 0.29) is 12.1 Å². The lowest BCUT2D eigenvalue weighted by Crippen LogP contribution is -2.52. The lowest BCUT2D eigenvalue weighted by Gasteiger charge is -2.39. The summed E-state index contributed by atoms with van der Waals surface area (Å²) < 4.78 is 5.53. The molecule has 0 saturated heterocycles. The molecule has 31 heavy (non-hydrogen) atoms. The molecule has 1 amide bonds. The molecule has 1 N–H and O–H groups in total. The van der Waals surface area contributed by atoms with Crippen LogP contribution in [0.2, 0.25) is 0 Å². The van der Waals surface area contributed by atoms with Gasteiger partial charge in [0.25, 0.3) is 0 Å². The largest absolute Gasteiger partial charge is 0.444 e. The molecule has 1 aliphatic rings. The number of hydrogen-bond donors (Lipinski definition) is 1. The summed E-state index contributed by atoms with van der Waals surface area (Å²) in [6, 6.07) is 20.0. The molecular weight excluding hydrogens is 384 g/mol. The summed E-state index contributed by atoms with van der Waals surface area (Å²) >= 11 is 0. The molecule has 0 aliphatic heterocycles. The summed E-state index contributed by atoms with van der Waals surface area (Å²) in [5, 5.41) is 8.33. The molecule has 3 aromatic carbocycles. The molecule has 4 rings (SSSR count). The van der Waals surface area contributed by atoms with E-state index in [1.807, 2.05) is 20.8 Å². The van der Waals surface area contributed by atoms with Gasteiger partial charge in [0.15, 0.2) is 0 Å². The van der Waals surface area contributed by atoms with E-state index in [2.05, 4.69) is 71.9 Å². The van der Waals surface area contributed by atoms with Crippen LogP contribution in [0.1, 0.15) is 52.0 Å². The van der Waals surface area contributed by atoms with Gasteiger partial charge in [-0.05, 0) is 73.8 Å². The average Bonchev–Trinajstić information content (AvgIpc) is 2.72. The molecule has 0 spiro atoms. The first-order chi connectivity index (χ1) is 14.8. The van der Waals surface area contributed by atoms with Crippen LogP contribution < -0.4 is 5.32 Å². The molecule has 0 radical (unpaired) electrons. The highest BCUT2D eigenvalue weighted by Gasteiger charge is 2.31. The number of ether oxygens (including phenoxy) is 1. The van der Waals surface area contributed by atoms with Gasteiger partial charge in [0, 0.05) is 18.6 Å². The molecule has 0 bridgehead atoms. The predicted octanol–water partition coefficient (Wildman–Crippen LogP) is 6.26. The van der Waals surface area contributed by atoms with Gasteiger partial charge in [-0.1, -0.05) is 61.4 Å². The molecule has 0 aromatic heterocycles. The number of benzene rings is 3. The highest BCUT2D eigenvalue weighted by Crippen LogP contribution is 2.31. The Morgan fingerprint density at radius 1 is 1.00 bits per heavy atom. The molecule has 0 unspecified atom stereocenters. The van der Waals surface area contributed by atoms with Gasteiger partial charge in [0.1, 0.15) is 5.60 Å². The van der Waals surface area contributed by atoms with E-state index in [9.17, 15) is 4.79 Å². The molecule has 4 nitrogen and oxygen atoms in total. The van der Waals surface area contributed by atoms with E-state index in [1.54, 1.807) is 0 Å². The van der Waals surface area contributed by atoms with Crippen LogP contribution in [0.4, 0.5) is 4.79 Å². The SMILES string of the molecule is CN(Cc1c2ccccc2cc2ccccc12)[C@H]1CCCC[C@@H]1NC(=O)OC(C)(C)C.